The van der Waals surface area contributed by atoms with Crippen LogP contribution >= 0.6 is 0 Å². The van der Waals surface area contributed by atoms with E-state index in [1.807, 2.05) is 6.92 Å². The Labute approximate surface area is 115 Å². The molecule has 1 aromatic carbocycles. The van der Waals surface area contributed by atoms with Gasteiger partial charge in [0.15, 0.2) is 0 Å². The number of halogens is 1. The molecule has 0 spiro atoms. The molecule has 0 saturated carbocycles. The molecular weight excluding hydrogens is 261 g/mol. The van der Waals surface area contributed by atoms with Crippen LogP contribution < -0.4 is 11.1 Å². The number of hydrogen-bond acceptors (Lipinski definition) is 5. The van der Waals surface area contributed by atoms with Crippen LogP contribution in [0.15, 0.2) is 30.6 Å². The summed E-state index contributed by atoms with van der Waals surface area (Å²) in [6.07, 6.45) is 3.21. The Balaban J connectivity index is 2.42. The van der Waals surface area contributed by atoms with Gasteiger partial charge < -0.3 is 15.8 Å². The fraction of sp³-hybridized carbons (Fsp3) is 0.143. The molecular formula is C14H14FN3O2. The number of carbonyl (C=O) groups excluding carboxylic acids is 1. The zero-order chi connectivity index (χ0) is 14.7. The van der Waals surface area contributed by atoms with Crippen LogP contribution in [0.3, 0.4) is 0 Å². The first kappa shape index (κ1) is 13.8. The van der Waals surface area contributed by atoms with Crippen molar-refractivity contribution in [1.29, 1.82) is 0 Å². The Morgan fingerprint density at radius 3 is 2.80 bits per heavy atom. The third-order valence-electron chi connectivity index (χ3n) is 2.85. The predicted molar refractivity (Wildman–Crippen MR) is 74.4 cm³/mol. The standard InChI is InChI=1S/C14H14FN3O2/c1-8-3-4-17-7-13(8)18-12-5-9(14(19)20-2)11(16)6-10(12)15/h3-7,18H,16H2,1-2H3. The maximum Gasteiger partial charge on any atom is 0.340 e. The van der Waals surface area contributed by atoms with Crippen LogP contribution in [0.5, 0.6) is 0 Å². The van der Waals surface area contributed by atoms with Crippen molar-refractivity contribution in [3.8, 4) is 0 Å². The number of anilines is 3. The first-order valence-corrected chi connectivity index (χ1v) is 5.88. The van der Waals surface area contributed by atoms with E-state index in [4.69, 9.17) is 5.73 Å². The topological polar surface area (TPSA) is 77.2 Å². The van der Waals surface area contributed by atoms with E-state index < -0.39 is 11.8 Å². The summed E-state index contributed by atoms with van der Waals surface area (Å²) in [5.41, 5.74) is 7.43. The van der Waals surface area contributed by atoms with Crippen LogP contribution in [0.1, 0.15) is 15.9 Å². The molecule has 20 heavy (non-hydrogen) atoms. The van der Waals surface area contributed by atoms with Gasteiger partial charge in [-0.1, -0.05) is 0 Å². The molecule has 5 nitrogen and oxygen atoms in total. The largest absolute Gasteiger partial charge is 0.465 e. The number of nitrogens with two attached hydrogens (primary N) is 1. The maximum absolute atomic E-state index is 13.9. The van der Waals surface area contributed by atoms with Gasteiger partial charge in [0.05, 0.1) is 30.2 Å². The van der Waals surface area contributed by atoms with E-state index in [-0.39, 0.29) is 16.9 Å². The Bertz CT molecular complexity index is 659. The first-order valence-electron chi connectivity index (χ1n) is 5.88. The lowest BCUT2D eigenvalue weighted by atomic mass is 10.1. The van der Waals surface area contributed by atoms with Gasteiger partial charge in [-0.3, -0.25) is 4.98 Å². The van der Waals surface area contributed by atoms with Crippen LogP contribution in [0.2, 0.25) is 0 Å². The molecule has 3 N–H and O–H groups in total. The van der Waals surface area contributed by atoms with Gasteiger partial charge in [-0.15, -0.1) is 0 Å². The monoisotopic (exact) mass is 275 g/mol. The van der Waals surface area contributed by atoms with E-state index in [0.717, 1.165) is 11.6 Å². The van der Waals surface area contributed by atoms with Gasteiger partial charge in [0.2, 0.25) is 0 Å². The highest BCUT2D eigenvalue weighted by molar-refractivity contribution is 5.96. The molecule has 0 aliphatic carbocycles. The lowest BCUT2D eigenvalue weighted by Gasteiger charge is -2.12. The molecule has 1 aromatic heterocycles. The Kier molecular flexibility index (Phi) is 3.84. The van der Waals surface area contributed by atoms with E-state index in [1.165, 1.54) is 13.2 Å². The number of carbonyl (C=O) groups is 1. The summed E-state index contributed by atoms with van der Waals surface area (Å²) < 4.78 is 18.5. The summed E-state index contributed by atoms with van der Waals surface area (Å²) in [4.78, 5) is 15.5. The normalized spacial score (nSPS) is 10.2. The maximum atomic E-state index is 13.9. The second-order valence-electron chi connectivity index (χ2n) is 4.23. The molecule has 0 aliphatic rings. The van der Waals surface area contributed by atoms with Crippen LogP contribution in [-0.4, -0.2) is 18.1 Å². The number of benzene rings is 1. The smallest absolute Gasteiger partial charge is 0.340 e. The van der Waals surface area contributed by atoms with Gasteiger partial charge in [0.1, 0.15) is 5.82 Å². The molecule has 1 heterocycles. The molecule has 0 unspecified atom stereocenters. The number of rotatable bonds is 3. The lowest BCUT2D eigenvalue weighted by molar-refractivity contribution is 0.0602. The number of esters is 1. The molecule has 2 aromatic rings. The van der Waals surface area contributed by atoms with Gasteiger partial charge in [0, 0.05) is 11.9 Å². The summed E-state index contributed by atoms with van der Waals surface area (Å²) in [5, 5.41) is 2.89. The van der Waals surface area contributed by atoms with E-state index in [0.29, 0.717) is 5.69 Å². The van der Waals surface area contributed by atoms with Crippen molar-refractivity contribution in [3.05, 3.63) is 47.5 Å². The number of aromatic nitrogens is 1. The van der Waals surface area contributed by atoms with E-state index in [9.17, 15) is 9.18 Å². The van der Waals surface area contributed by atoms with Crippen molar-refractivity contribution >= 4 is 23.0 Å². The number of aryl methyl sites for hydroxylation is 1. The lowest BCUT2D eigenvalue weighted by Crippen LogP contribution is -2.08. The van der Waals surface area contributed by atoms with Crippen molar-refractivity contribution < 1.29 is 13.9 Å². The van der Waals surface area contributed by atoms with Crippen LogP contribution in [0.4, 0.5) is 21.5 Å². The Morgan fingerprint density at radius 1 is 1.40 bits per heavy atom. The van der Waals surface area contributed by atoms with E-state index in [1.54, 1.807) is 18.5 Å². The fourth-order valence-corrected chi connectivity index (χ4v) is 1.71. The number of nitrogen functional groups attached to an aromatic ring is 1. The minimum Gasteiger partial charge on any atom is -0.465 e. The number of pyridine rings is 1. The average Bonchev–Trinajstić information content (AvgIpc) is 2.43. The van der Waals surface area contributed by atoms with E-state index >= 15 is 0 Å². The average molecular weight is 275 g/mol. The van der Waals surface area contributed by atoms with Gasteiger partial charge >= 0.3 is 5.97 Å². The highest BCUT2D eigenvalue weighted by Gasteiger charge is 2.15. The highest BCUT2D eigenvalue weighted by Crippen LogP contribution is 2.26. The molecule has 0 atom stereocenters. The number of hydrogen-bond donors (Lipinski definition) is 2. The third kappa shape index (κ3) is 2.69. The fourth-order valence-electron chi connectivity index (χ4n) is 1.71. The molecule has 0 radical (unpaired) electrons. The summed E-state index contributed by atoms with van der Waals surface area (Å²) in [6, 6.07) is 4.20. The summed E-state index contributed by atoms with van der Waals surface area (Å²) in [7, 11) is 1.24. The van der Waals surface area contributed by atoms with Crippen molar-refractivity contribution in [1.82, 2.24) is 4.98 Å². The molecule has 6 heteroatoms. The predicted octanol–water partition coefficient (Wildman–Crippen LogP) is 2.64. The van der Waals surface area contributed by atoms with Crippen molar-refractivity contribution in [3.63, 3.8) is 0 Å². The molecule has 0 bridgehead atoms. The summed E-state index contributed by atoms with van der Waals surface area (Å²) in [5.74, 6) is -1.17. The zero-order valence-electron chi connectivity index (χ0n) is 11.1. The Hall–Kier alpha value is -2.63. The number of methoxy groups -OCH3 is 1. The van der Waals surface area contributed by atoms with Crippen LogP contribution in [-0.2, 0) is 4.74 Å². The number of ether oxygens (including phenoxy) is 1. The first-order chi connectivity index (χ1) is 9.52. The second-order valence-corrected chi connectivity index (χ2v) is 4.23. The second kappa shape index (κ2) is 5.56. The van der Waals surface area contributed by atoms with Gasteiger partial charge in [-0.05, 0) is 30.7 Å². The van der Waals surface area contributed by atoms with Gasteiger partial charge in [-0.25, -0.2) is 9.18 Å². The molecule has 2 rings (SSSR count). The summed E-state index contributed by atoms with van der Waals surface area (Å²) >= 11 is 0. The molecule has 0 aliphatic heterocycles. The molecule has 0 saturated heterocycles. The zero-order valence-corrected chi connectivity index (χ0v) is 11.1. The number of nitrogens with zero attached hydrogens (tertiary/aromatic N) is 1. The Morgan fingerprint density at radius 2 is 2.15 bits per heavy atom. The third-order valence-corrected chi connectivity index (χ3v) is 2.85. The van der Waals surface area contributed by atoms with Crippen molar-refractivity contribution in [2.45, 2.75) is 6.92 Å². The molecule has 0 fully saturated rings. The van der Waals surface area contributed by atoms with Crippen molar-refractivity contribution in [2.24, 2.45) is 0 Å². The van der Waals surface area contributed by atoms with Gasteiger partial charge in [0.25, 0.3) is 0 Å². The van der Waals surface area contributed by atoms with E-state index in [2.05, 4.69) is 15.0 Å². The van der Waals surface area contributed by atoms with Crippen LogP contribution in [0.25, 0.3) is 0 Å². The van der Waals surface area contributed by atoms with Crippen molar-refractivity contribution in [2.75, 3.05) is 18.2 Å². The molecule has 104 valence electrons. The van der Waals surface area contributed by atoms with Crippen LogP contribution in [0, 0.1) is 12.7 Å². The molecule has 0 amide bonds. The summed E-state index contributed by atoms with van der Waals surface area (Å²) in [6.45, 7) is 1.86. The highest BCUT2D eigenvalue weighted by atomic mass is 19.1. The van der Waals surface area contributed by atoms with Gasteiger partial charge in [-0.2, -0.15) is 0 Å². The minimum atomic E-state index is -0.617. The minimum absolute atomic E-state index is 0.0304. The number of nitrogens with one attached hydrogen (secondary N) is 1. The quantitative estimate of drug-likeness (QED) is 0.665. The SMILES string of the molecule is COC(=O)c1cc(Nc2cnccc2C)c(F)cc1N.